The largest absolute Gasteiger partial charge is 0.496 e. The highest BCUT2D eigenvalue weighted by molar-refractivity contribution is 7.89. The molecule has 30 heavy (non-hydrogen) atoms. The molecular weight excluding hydrogens is 402 g/mol. The highest BCUT2D eigenvalue weighted by atomic mass is 32.2. The van der Waals surface area contributed by atoms with Crippen molar-refractivity contribution >= 4 is 15.8 Å². The zero-order valence-corrected chi connectivity index (χ0v) is 18.1. The van der Waals surface area contributed by atoms with Crippen LogP contribution in [0.25, 0.3) is 5.82 Å². The van der Waals surface area contributed by atoms with Gasteiger partial charge in [0.1, 0.15) is 23.7 Å². The first-order valence-corrected chi connectivity index (χ1v) is 11.2. The molecule has 0 amide bonds. The summed E-state index contributed by atoms with van der Waals surface area (Å²) >= 11 is 0. The van der Waals surface area contributed by atoms with Gasteiger partial charge < -0.3 is 14.2 Å². The summed E-state index contributed by atoms with van der Waals surface area (Å²) in [7, 11) is -1.99. The molecule has 4 rings (SSSR count). The summed E-state index contributed by atoms with van der Waals surface area (Å²) < 4.78 is 35.3. The van der Waals surface area contributed by atoms with E-state index in [1.807, 2.05) is 42.1 Å². The molecule has 0 saturated carbocycles. The summed E-state index contributed by atoms with van der Waals surface area (Å²) in [6.45, 7) is 5.58. The third kappa shape index (κ3) is 3.78. The van der Waals surface area contributed by atoms with E-state index in [4.69, 9.17) is 4.74 Å². The summed E-state index contributed by atoms with van der Waals surface area (Å²) in [6.07, 6.45) is 5.39. The molecule has 3 aromatic rings. The van der Waals surface area contributed by atoms with Gasteiger partial charge in [0.15, 0.2) is 0 Å². The maximum absolute atomic E-state index is 13.3. The number of benzene rings is 1. The fourth-order valence-electron chi connectivity index (χ4n) is 3.70. The van der Waals surface area contributed by atoms with Gasteiger partial charge in [-0.15, -0.1) is 0 Å². The lowest BCUT2D eigenvalue weighted by atomic mass is 10.1. The summed E-state index contributed by atoms with van der Waals surface area (Å²) in [4.78, 5) is 11.1. The molecule has 1 aliphatic rings. The van der Waals surface area contributed by atoms with Crippen LogP contribution in [0, 0.1) is 13.8 Å². The van der Waals surface area contributed by atoms with Crippen LogP contribution in [-0.4, -0.2) is 60.5 Å². The molecule has 0 bridgehead atoms. The van der Waals surface area contributed by atoms with E-state index in [-0.39, 0.29) is 0 Å². The first-order chi connectivity index (χ1) is 14.4. The molecule has 8 nitrogen and oxygen atoms in total. The maximum atomic E-state index is 13.3. The number of anilines is 1. The quantitative estimate of drug-likeness (QED) is 0.622. The third-order valence-corrected chi connectivity index (χ3v) is 7.42. The van der Waals surface area contributed by atoms with Gasteiger partial charge in [-0.05, 0) is 49.2 Å². The van der Waals surface area contributed by atoms with Gasteiger partial charge in [0.05, 0.1) is 12.0 Å². The smallest absolute Gasteiger partial charge is 0.243 e. The monoisotopic (exact) mass is 427 g/mol. The molecule has 0 spiro atoms. The third-order valence-electron chi connectivity index (χ3n) is 5.38. The first kappa shape index (κ1) is 20.4. The molecule has 0 aliphatic carbocycles. The second-order valence-corrected chi connectivity index (χ2v) is 9.21. The van der Waals surface area contributed by atoms with Crippen molar-refractivity contribution in [2.75, 3.05) is 38.2 Å². The zero-order valence-electron chi connectivity index (χ0n) is 17.3. The van der Waals surface area contributed by atoms with Gasteiger partial charge in [-0.1, -0.05) is 0 Å². The van der Waals surface area contributed by atoms with Gasteiger partial charge in [0.2, 0.25) is 10.0 Å². The van der Waals surface area contributed by atoms with Crippen LogP contribution in [0.4, 0.5) is 5.82 Å². The van der Waals surface area contributed by atoms with Crippen molar-refractivity contribution in [1.82, 2.24) is 18.8 Å². The van der Waals surface area contributed by atoms with Crippen LogP contribution in [0.5, 0.6) is 5.75 Å². The van der Waals surface area contributed by atoms with E-state index in [1.165, 1.54) is 6.33 Å². The molecule has 1 aromatic carbocycles. The number of hydrogen-bond donors (Lipinski definition) is 0. The average molecular weight is 428 g/mol. The molecule has 3 heterocycles. The van der Waals surface area contributed by atoms with E-state index < -0.39 is 10.0 Å². The standard InChI is InChI=1S/C21H25N5O3S/c1-16-13-19(17(2)12-18(16)29-3)30(27,28)26-10-8-25(9-11-26)21-14-20(22-15-23-21)24-6-4-5-7-24/h4-7,12-15H,8-11H2,1-3H3. The zero-order chi connectivity index (χ0) is 21.3. The number of sulfonamides is 1. The normalized spacial score (nSPS) is 15.4. The van der Waals surface area contributed by atoms with Crippen LogP contribution in [0.3, 0.4) is 0 Å². The molecule has 9 heteroatoms. The number of aromatic nitrogens is 3. The van der Waals surface area contributed by atoms with Gasteiger partial charge in [0, 0.05) is 44.6 Å². The predicted molar refractivity (Wildman–Crippen MR) is 115 cm³/mol. The topological polar surface area (TPSA) is 80.6 Å². The van der Waals surface area contributed by atoms with Gasteiger partial charge in [-0.25, -0.2) is 18.4 Å². The molecular formula is C21H25N5O3S. The first-order valence-electron chi connectivity index (χ1n) is 9.76. The van der Waals surface area contributed by atoms with Crippen molar-refractivity contribution < 1.29 is 13.2 Å². The second kappa shape index (κ2) is 8.08. The molecule has 0 atom stereocenters. The van der Waals surface area contributed by atoms with Crippen LogP contribution >= 0.6 is 0 Å². The van der Waals surface area contributed by atoms with Gasteiger partial charge in [0.25, 0.3) is 0 Å². The molecule has 1 saturated heterocycles. The Morgan fingerprint density at radius 2 is 1.57 bits per heavy atom. The SMILES string of the molecule is COc1cc(C)c(S(=O)(=O)N2CCN(c3cc(-n4cccc4)ncn3)CC2)cc1C. The Morgan fingerprint density at radius 1 is 0.900 bits per heavy atom. The molecule has 158 valence electrons. The summed E-state index contributed by atoms with van der Waals surface area (Å²) in [5.74, 6) is 2.27. The van der Waals surface area contributed by atoms with Crippen molar-refractivity contribution in [3.8, 4) is 11.6 Å². The summed E-state index contributed by atoms with van der Waals surface area (Å²) in [6, 6.07) is 9.27. The van der Waals surface area contributed by atoms with Crippen LogP contribution in [0.1, 0.15) is 11.1 Å². The fourth-order valence-corrected chi connectivity index (χ4v) is 5.41. The number of hydrogen-bond acceptors (Lipinski definition) is 6. The Labute approximate surface area is 176 Å². The Bertz CT molecular complexity index is 1140. The Balaban J connectivity index is 1.51. The van der Waals surface area contributed by atoms with Crippen molar-refractivity contribution in [1.29, 1.82) is 0 Å². The number of nitrogens with zero attached hydrogens (tertiary/aromatic N) is 5. The van der Waals surface area contributed by atoms with E-state index in [2.05, 4.69) is 14.9 Å². The van der Waals surface area contributed by atoms with E-state index in [0.717, 1.165) is 17.2 Å². The van der Waals surface area contributed by atoms with E-state index in [9.17, 15) is 8.42 Å². The highest BCUT2D eigenvalue weighted by Gasteiger charge is 2.30. The van der Waals surface area contributed by atoms with E-state index in [1.54, 1.807) is 30.5 Å². The number of ether oxygens (including phenoxy) is 1. The minimum Gasteiger partial charge on any atom is -0.496 e. The van der Waals surface area contributed by atoms with E-state index >= 15 is 0 Å². The minimum absolute atomic E-state index is 0.339. The van der Waals surface area contributed by atoms with Crippen LogP contribution in [0.15, 0.2) is 53.9 Å². The van der Waals surface area contributed by atoms with Crippen molar-refractivity contribution in [2.24, 2.45) is 0 Å². The molecule has 2 aromatic heterocycles. The Kier molecular flexibility index (Phi) is 5.48. The number of rotatable bonds is 5. The number of aryl methyl sites for hydroxylation is 2. The van der Waals surface area contributed by atoms with Crippen LogP contribution in [0.2, 0.25) is 0 Å². The maximum Gasteiger partial charge on any atom is 0.243 e. The minimum atomic E-state index is -3.58. The predicted octanol–water partition coefficient (Wildman–Crippen LogP) is 2.40. The fraction of sp³-hybridized carbons (Fsp3) is 0.333. The lowest BCUT2D eigenvalue weighted by Crippen LogP contribution is -2.49. The molecule has 0 N–H and O–H groups in total. The average Bonchev–Trinajstić information content (AvgIpc) is 3.30. The highest BCUT2D eigenvalue weighted by Crippen LogP contribution is 2.28. The number of methoxy groups -OCH3 is 1. The van der Waals surface area contributed by atoms with Crippen LogP contribution in [-0.2, 0) is 10.0 Å². The second-order valence-electron chi connectivity index (χ2n) is 7.30. The lowest BCUT2D eigenvalue weighted by Gasteiger charge is -2.35. The van der Waals surface area contributed by atoms with Gasteiger partial charge in [-0.3, -0.25) is 0 Å². The van der Waals surface area contributed by atoms with Gasteiger partial charge >= 0.3 is 0 Å². The molecule has 0 unspecified atom stereocenters. The molecule has 1 fully saturated rings. The van der Waals surface area contributed by atoms with E-state index in [0.29, 0.717) is 42.4 Å². The summed E-state index contributed by atoms with van der Waals surface area (Å²) in [5.41, 5.74) is 1.49. The lowest BCUT2D eigenvalue weighted by molar-refractivity contribution is 0.383. The molecule has 0 radical (unpaired) electrons. The van der Waals surface area contributed by atoms with Crippen molar-refractivity contribution in [3.63, 3.8) is 0 Å². The molecule has 1 aliphatic heterocycles. The van der Waals surface area contributed by atoms with Crippen LogP contribution < -0.4 is 9.64 Å². The number of piperazine rings is 1. The van der Waals surface area contributed by atoms with Gasteiger partial charge in [-0.2, -0.15) is 4.31 Å². The van der Waals surface area contributed by atoms with Crippen molar-refractivity contribution in [3.05, 3.63) is 60.2 Å². The summed E-state index contributed by atoms with van der Waals surface area (Å²) in [5, 5.41) is 0. The van der Waals surface area contributed by atoms with Crippen molar-refractivity contribution in [2.45, 2.75) is 18.7 Å². The Hall–Kier alpha value is -2.91. The Morgan fingerprint density at radius 3 is 2.23 bits per heavy atom.